The summed E-state index contributed by atoms with van der Waals surface area (Å²) in [6.45, 7) is 0. The molecule has 1 aromatic heterocycles. The molecule has 4 aromatic rings. The van der Waals surface area contributed by atoms with E-state index in [0.717, 1.165) is 11.3 Å². The molecule has 0 aliphatic rings. The zero-order valence-electron chi connectivity index (χ0n) is 17.7. The zero-order chi connectivity index (χ0) is 22.3. The second-order valence-corrected chi connectivity index (χ2v) is 6.82. The SMILES string of the molecule is COc1cccc(/C=N/NC(=O)c2cn(-c3ccccc3)nc2-c2ccccc2)c1OC. The monoisotopic (exact) mass is 426 g/mol. The van der Waals surface area contributed by atoms with Gasteiger partial charge in [0.25, 0.3) is 5.91 Å². The molecule has 160 valence electrons. The van der Waals surface area contributed by atoms with Crippen molar-refractivity contribution in [2.75, 3.05) is 14.2 Å². The first-order valence-electron chi connectivity index (χ1n) is 9.96. The molecule has 1 amide bonds. The van der Waals surface area contributed by atoms with Crippen molar-refractivity contribution in [2.45, 2.75) is 0 Å². The molecule has 0 saturated carbocycles. The van der Waals surface area contributed by atoms with Gasteiger partial charge < -0.3 is 9.47 Å². The number of methoxy groups -OCH3 is 2. The molecule has 0 bridgehead atoms. The largest absolute Gasteiger partial charge is 0.493 e. The van der Waals surface area contributed by atoms with Crippen molar-refractivity contribution in [1.82, 2.24) is 15.2 Å². The topological polar surface area (TPSA) is 77.7 Å². The van der Waals surface area contributed by atoms with Gasteiger partial charge in [-0.1, -0.05) is 54.6 Å². The molecule has 3 aromatic carbocycles. The number of carbonyl (C=O) groups is 1. The standard InChI is InChI=1S/C25H22N4O3/c1-31-22-15-9-12-19(24(22)32-2)16-26-27-25(30)21-17-29(20-13-7-4-8-14-20)28-23(21)18-10-5-3-6-11-18/h3-17H,1-2H3,(H,27,30)/b26-16+. The van der Waals surface area contributed by atoms with Crippen LogP contribution in [0.5, 0.6) is 11.5 Å². The van der Waals surface area contributed by atoms with Gasteiger partial charge in [0, 0.05) is 17.3 Å². The lowest BCUT2D eigenvalue weighted by Crippen LogP contribution is -2.18. The van der Waals surface area contributed by atoms with Crippen LogP contribution in [-0.4, -0.2) is 36.1 Å². The van der Waals surface area contributed by atoms with Crippen LogP contribution in [-0.2, 0) is 0 Å². The number of para-hydroxylation sites is 2. The zero-order valence-corrected chi connectivity index (χ0v) is 17.7. The van der Waals surface area contributed by atoms with Crippen LogP contribution in [0.15, 0.2) is 90.2 Å². The third kappa shape index (κ3) is 4.37. The van der Waals surface area contributed by atoms with Gasteiger partial charge in [-0.25, -0.2) is 10.1 Å². The maximum Gasteiger partial charge on any atom is 0.275 e. The Labute approximate surface area is 185 Å². The van der Waals surface area contributed by atoms with E-state index in [1.165, 1.54) is 6.21 Å². The van der Waals surface area contributed by atoms with Crippen molar-refractivity contribution < 1.29 is 14.3 Å². The van der Waals surface area contributed by atoms with E-state index < -0.39 is 0 Å². The number of hydrogen-bond donors (Lipinski definition) is 1. The number of nitrogens with one attached hydrogen (secondary N) is 1. The van der Waals surface area contributed by atoms with Crippen LogP contribution >= 0.6 is 0 Å². The second kappa shape index (κ2) is 9.61. The number of benzene rings is 3. The first-order valence-corrected chi connectivity index (χ1v) is 9.96. The lowest BCUT2D eigenvalue weighted by Gasteiger charge is -2.09. The summed E-state index contributed by atoms with van der Waals surface area (Å²) < 4.78 is 12.4. The highest BCUT2D eigenvalue weighted by atomic mass is 16.5. The van der Waals surface area contributed by atoms with Gasteiger partial charge in [-0.05, 0) is 24.3 Å². The maximum absolute atomic E-state index is 13.0. The molecule has 1 N–H and O–H groups in total. The number of hydrogen-bond acceptors (Lipinski definition) is 5. The number of nitrogens with zero attached hydrogens (tertiary/aromatic N) is 3. The molecule has 0 unspecified atom stereocenters. The van der Waals surface area contributed by atoms with E-state index in [4.69, 9.17) is 9.47 Å². The number of ether oxygens (including phenoxy) is 2. The van der Waals surface area contributed by atoms with E-state index >= 15 is 0 Å². The Kier molecular flexibility index (Phi) is 6.27. The summed E-state index contributed by atoms with van der Waals surface area (Å²) >= 11 is 0. The summed E-state index contributed by atoms with van der Waals surface area (Å²) in [7, 11) is 3.12. The second-order valence-electron chi connectivity index (χ2n) is 6.82. The van der Waals surface area contributed by atoms with Gasteiger partial charge in [0.15, 0.2) is 11.5 Å². The summed E-state index contributed by atoms with van der Waals surface area (Å²) in [5.74, 6) is 0.747. The molecular formula is C25H22N4O3. The Balaban J connectivity index is 1.64. The van der Waals surface area contributed by atoms with Crippen molar-refractivity contribution >= 4 is 12.1 Å². The molecule has 7 nitrogen and oxygen atoms in total. The highest BCUT2D eigenvalue weighted by Crippen LogP contribution is 2.29. The quantitative estimate of drug-likeness (QED) is 0.353. The van der Waals surface area contributed by atoms with Gasteiger partial charge >= 0.3 is 0 Å². The maximum atomic E-state index is 13.0. The van der Waals surface area contributed by atoms with Crippen LogP contribution in [0.25, 0.3) is 16.9 Å². The van der Waals surface area contributed by atoms with E-state index in [2.05, 4.69) is 15.6 Å². The highest BCUT2D eigenvalue weighted by Gasteiger charge is 2.18. The lowest BCUT2D eigenvalue weighted by molar-refractivity contribution is 0.0955. The fourth-order valence-electron chi connectivity index (χ4n) is 3.30. The van der Waals surface area contributed by atoms with Gasteiger partial charge in [-0.15, -0.1) is 0 Å². The van der Waals surface area contributed by atoms with E-state index in [1.54, 1.807) is 31.2 Å². The van der Waals surface area contributed by atoms with E-state index in [0.29, 0.717) is 28.3 Å². The fraction of sp³-hybridized carbons (Fsp3) is 0.0800. The normalized spacial score (nSPS) is 10.8. The highest BCUT2D eigenvalue weighted by molar-refractivity contribution is 6.00. The molecule has 32 heavy (non-hydrogen) atoms. The first-order chi connectivity index (χ1) is 15.7. The van der Waals surface area contributed by atoms with E-state index in [1.807, 2.05) is 72.8 Å². The third-order valence-electron chi connectivity index (χ3n) is 4.83. The lowest BCUT2D eigenvalue weighted by atomic mass is 10.1. The van der Waals surface area contributed by atoms with Crippen molar-refractivity contribution in [3.63, 3.8) is 0 Å². The Bertz CT molecular complexity index is 1230. The van der Waals surface area contributed by atoms with Crippen LogP contribution < -0.4 is 14.9 Å². The third-order valence-corrected chi connectivity index (χ3v) is 4.83. The Morgan fingerprint density at radius 3 is 2.34 bits per heavy atom. The summed E-state index contributed by atoms with van der Waals surface area (Å²) in [6.07, 6.45) is 3.22. The molecule has 0 atom stereocenters. The van der Waals surface area contributed by atoms with Crippen molar-refractivity contribution in [1.29, 1.82) is 0 Å². The van der Waals surface area contributed by atoms with Crippen LogP contribution in [0.4, 0.5) is 0 Å². The van der Waals surface area contributed by atoms with Gasteiger partial charge in [0.05, 0.1) is 31.7 Å². The molecular weight excluding hydrogens is 404 g/mol. The van der Waals surface area contributed by atoms with Crippen molar-refractivity contribution in [2.24, 2.45) is 5.10 Å². The number of amides is 1. The molecule has 0 saturated heterocycles. The number of hydrazone groups is 1. The first kappa shape index (κ1) is 20.9. The minimum absolute atomic E-state index is 0.371. The van der Waals surface area contributed by atoms with Gasteiger partial charge in [-0.3, -0.25) is 4.79 Å². The average Bonchev–Trinajstić information content (AvgIpc) is 3.30. The van der Waals surface area contributed by atoms with Crippen LogP contribution in [0, 0.1) is 0 Å². The average molecular weight is 426 g/mol. The Hall–Kier alpha value is -4.39. The fourth-order valence-corrected chi connectivity index (χ4v) is 3.30. The molecule has 0 radical (unpaired) electrons. The van der Waals surface area contributed by atoms with Gasteiger partial charge in [0.1, 0.15) is 5.69 Å². The van der Waals surface area contributed by atoms with Gasteiger partial charge in [0.2, 0.25) is 0 Å². The minimum Gasteiger partial charge on any atom is -0.493 e. The van der Waals surface area contributed by atoms with Crippen LogP contribution in [0.2, 0.25) is 0 Å². The number of carbonyl (C=O) groups excluding carboxylic acids is 1. The molecule has 1 heterocycles. The molecule has 7 heteroatoms. The van der Waals surface area contributed by atoms with E-state index in [9.17, 15) is 4.79 Å². The van der Waals surface area contributed by atoms with Crippen molar-refractivity contribution in [3.8, 4) is 28.4 Å². The molecule has 0 aliphatic carbocycles. The summed E-state index contributed by atoms with van der Waals surface area (Å²) in [6, 6.07) is 24.6. The molecule has 0 aliphatic heterocycles. The Morgan fingerprint density at radius 2 is 1.66 bits per heavy atom. The van der Waals surface area contributed by atoms with Crippen molar-refractivity contribution in [3.05, 3.63) is 96.2 Å². The smallest absolute Gasteiger partial charge is 0.275 e. The number of aromatic nitrogens is 2. The molecule has 0 spiro atoms. The summed E-state index contributed by atoms with van der Waals surface area (Å²) in [5, 5.41) is 8.78. The van der Waals surface area contributed by atoms with Crippen LogP contribution in [0.1, 0.15) is 15.9 Å². The Morgan fingerprint density at radius 1 is 0.938 bits per heavy atom. The number of rotatable bonds is 7. The van der Waals surface area contributed by atoms with Crippen LogP contribution in [0.3, 0.4) is 0 Å². The molecule has 0 fully saturated rings. The van der Waals surface area contributed by atoms with E-state index in [-0.39, 0.29) is 5.91 Å². The predicted molar refractivity (Wildman–Crippen MR) is 124 cm³/mol. The molecule has 4 rings (SSSR count). The summed E-state index contributed by atoms with van der Waals surface area (Å²) in [5.41, 5.74) is 5.94. The summed E-state index contributed by atoms with van der Waals surface area (Å²) in [4.78, 5) is 13.0. The minimum atomic E-state index is -0.371. The van der Waals surface area contributed by atoms with Gasteiger partial charge in [-0.2, -0.15) is 10.2 Å². The predicted octanol–water partition coefficient (Wildman–Crippen LogP) is 4.32.